The molecular weight excluding hydrogens is 226 g/mol. The minimum Gasteiger partial charge on any atom is -0.374 e. The first kappa shape index (κ1) is 15.0. The van der Waals surface area contributed by atoms with Crippen LogP contribution < -0.4 is 5.32 Å². The van der Waals surface area contributed by atoms with Gasteiger partial charge in [0.05, 0.1) is 17.8 Å². The molecule has 0 saturated heterocycles. The van der Waals surface area contributed by atoms with Crippen molar-refractivity contribution in [2.45, 2.75) is 53.7 Å². The molecule has 0 aliphatic carbocycles. The summed E-state index contributed by atoms with van der Waals surface area (Å²) < 4.78 is 7.89. The molecule has 0 unspecified atom stereocenters. The summed E-state index contributed by atoms with van der Waals surface area (Å²) in [5, 5.41) is 3.39. The molecule has 0 aliphatic rings. The van der Waals surface area contributed by atoms with Crippen molar-refractivity contribution in [1.82, 2.24) is 9.55 Å². The summed E-state index contributed by atoms with van der Waals surface area (Å²) in [4.78, 5) is 4.52. The van der Waals surface area contributed by atoms with E-state index in [4.69, 9.17) is 4.74 Å². The Morgan fingerprint density at radius 3 is 2.67 bits per heavy atom. The minimum absolute atomic E-state index is 0.170. The lowest BCUT2D eigenvalue weighted by molar-refractivity contribution is -0.0220. The zero-order valence-corrected chi connectivity index (χ0v) is 12.6. The van der Waals surface area contributed by atoms with Crippen molar-refractivity contribution in [2.75, 3.05) is 18.5 Å². The van der Waals surface area contributed by atoms with Gasteiger partial charge >= 0.3 is 0 Å². The number of hydrogen-bond acceptors (Lipinski definition) is 3. The Bertz CT molecular complexity index is 369. The Balaban J connectivity index is 2.75. The molecule has 0 radical (unpaired) electrons. The fourth-order valence-corrected chi connectivity index (χ4v) is 1.95. The second-order valence-electron chi connectivity index (χ2n) is 5.80. The molecule has 1 N–H and O–H groups in total. The highest BCUT2D eigenvalue weighted by Gasteiger charge is 2.20. The summed E-state index contributed by atoms with van der Waals surface area (Å²) in [6, 6.07) is 0. The molecule has 0 aliphatic heterocycles. The number of anilines is 1. The summed E-state index contributed by atoms with van der Waals surface area (Å²) in [6.07, 6.45) is 2.07. The van der Waals surface area contributed by atoms with Crippen LogP contribution in [0.15, 0.2) is 6.20 Å². The highest BCUT2D eigenvalue weighted by atomic mass is 16.5. The van der Waals surface area contributed by atoms with Gasteiger partial charge in [0.25, 0.3) is 0 Å². The van der Waals surface area contributed by atoms with Crippen molar-refractivity contribution in [3.05, 3.63) is 11.9 Å². The van der Waals surface area contributed by atoms with E-state index >= 15 is 0 Å². The lowest BCUT2D eigenvalue weighted by Gasteiger charge is -2.26. The van der Waals surface area contributed by atoms with E-state index in [1.54, 1.807) is 0 Å². The van der Waals surface area contributed by atoms with E-state index in [9.17, 15) is 0 Å². The van der Waals surface area contributed by atoms with E-state index < -0.39 is 0 Å². The zero-order chi connectivity index (χ0) is 13.8. The van der Waals surface area contributed by atoms with E-state index in [2.05, 4.69) is 48.8 Å². The first-order chi connectivity index (χ1) is 8.34. The average molecular weight is 253 g/mol. The number of hydrogen-bond donors (Lipinski definition) is 1. The molecule has 1 aromatic rings. The fraction of sp³-hybridized carbons (Fsp3) is 0.786. The Labute approximate surface area is 111 Å². The van der Waals surface area contributed by atoms with Crippen LogP contribution in [0.5, 0.6) is 0 Å². The molecule has 1 aromatic heterocycles. The van der Waals surface area contributed by atoms with Gasteiger partial charge in [-0.15, -0.1) is 0 Å². The van der Waals surface area contributed by atoms with Gasteiger partial charge in [0.1, 0.15) is 0 Å². The Morgan fingerprint density at radius 1 is 1.44 bits per heavy atom. The van der Waals surface area contributed by atoms with Gasteiger partial charge in [0.2, 0.25) is 5.95 Å². The smallest absolute Gasteiger partial charge is 0.203 e. The summed E-state index contributed by atoms with van der Waals surface area (Å²) in [5.41, 5.74) is 0.865. The Kier molecular flexibility index (Phi) is 5.20. The molecule has 104 valence electrons. The van der Waals surface area contributed by atoms with E-state index in [1.807, 2.05) is 13.8 Å². The minimum atomic E-state index is -0.170. The first-order valence-electron chi connectivity index (χ1n) is 6.75. The molecule has 0 fully saturated rings. The van der Waals surface area contributed by atoms with Crippen molar-refractivity contribution < 1.29 is 4.74 Å². The molecule has 18 heavy (non-hydrogen) atoms. The average Bonchev–Trinajstić information content (AvgIpc) is 2.54. The fourth-order valence-electron chi connectivity index (χ4n) is 1.95. The van der Waals surface area contributed by atoms with E-state index in [1.165, 1.54) is 0 Å². The van der Waals surface area contributed by atoms with Gasteiger partial charge in [-0.05, 0) is 33.6 Å². The number of aromatic nitrogens is 2. The third-order valence-electron chi connectivity index (χ3n) is 2.65. The summed E-state index contributed by atoms with van der Waals surface area (Å²) in [6.45, 7) is 15.1. The molecule has 1 rings (SSSR count). The second kappa shape index (κ2) is 6.23. The molecular formula is C14H27N3O. The maximum Gasteiger partial charge on any atom is 0.203 e. The number of nitrogens with zero attached hydrogens (tertiary/aromatic N) is 2. The topological polar surface area (TPSA) is 39.1 Å². The quantitative estimate of drug-likeness (QED) is 0.811. The summed E-state index contributed by atoms with van der Waals surface area (Å²) in [5.74, 6) is 1.55. The number of rotatable bonds is 7. The van der Waals surface area contributed by atoms with Gasteiger partial charge in [-0.1, -0.05) is 13.8 Å². The van der Waals surface area contributed by atoms with Crippen LogP contribution in [0.4, 0.5) is 5.95 Å². The Hall–Kier alpha value is -1.03. The SMILES string of the molecule is CCOC(C)(C)Cn1cc(C)nc1NCC(C)C. The predicted octanol–water partition coefficient (Wildman–Crippen LogP) is 3.07. The molecule has 4 nitrogen and oxygen atoms in total. The number of imidazole rings is 1. The van der Waals surface area contributed by atoms with Crippen LogP contribution in [0, 0.1) is 12.8 Å². The lowest BCUT2D eigenvalue weighted by Crippen LogP contribution is -2.31. The van der Waals surface area contributed by atoms with Gasteiger partial charge in [-0.2, -0.15) is 0 Å². The van der Waals surface area contributed by atoms with Gasteiger partial charge < -0.3 is 14.6 Å². The van der Waals surface area contributed by atoms with Crippen LogP contribution in [0.2, 0.25) is 0 Å². The lowest BCUT2D eigenvalue weighted by atomic mass is 10.1. The van der Waals surface area contributed by atoms with Crippen molar-refractivity contribution in [1.29, 1.82) is 0 Å². The van der Waals surface area contributed by atoms with Crippen LogP contribution >= 0.6 is 0 Å². The molecule has 0 amide bonds. The van der Waals surface area contributed by atoms with Gasteiger partial charge in [-0.3, -0.25) is 0 Å². The maximum atomic E-state index is 5.75. The van der Waals surface area contributed by atoms with Crippen LogP contribution in [-0.4, -0.2) is 28.3 Å². The van der Waals surface area contributed by atoms with Crippen LogP contribution in [-0.2, 0) is 11.3 Å². The van der Waals surface area contributed by atoms with Gasteiger partial charge in [0, 0.05) is 19.3 Å². The largest absolute Gasteiger partial charge is 0.374 e. The highest BCUT2D eigenvalue weighted by molar-refractivity contribution is 5.29. The molecule has 0 saturated carbocycles. The third-order valence-corrected chi connectivity index (χ3v) is 2.65. The summed E-state index contributed by atoms with van der Waals surface area (Å²) >= 11 is 0. The van der Waals surface area contributed by atoms with Crippen molar-refractivity contribution in [3.63, 3.8) is 0 Å². The third kappa shape index (κ3) is 4.69. The van der Waals surface area contributed by atoms with Crippen molar-refractivity contribution in [3.8, 4) is 0 Å². The van der Waals surface area contributed by atoms with Crippen molar-refractivity contribution in [2.24, 2.45) is 5.92 Å². The Morgan fingerprint density at radius 2 is 2.11 bits per heavy atom. The normalized spacial score (nSPS) is 12.2. The highest BCUT2D eigenvalue weighted by Crippen LogP contribution is 2.17. The van der Waals surface area contributed by atoms with Gasteiger partial charge in [-0.25, -0.2) is 4.98 Å². The van der Waals surface area contributed by atoms with E-state index in [0.717, 1.165) is 31.3 Å². The number of ether oxygens (including phenoxy) is 1. The maximum absolute atomic E-state index is 5.75. The molecule has 0 spiro atoms. The van der Waals surface area contributed by atoms with E-state index in [-0.39, 0.29) is 5.60 Å². The van der Waals surface area contributed by atoms with Gasteiger partial charge in [0.15, 0.2) is 0 Å². The molecule has 0 atom stereocenters. The molecule has 0 aromatic carbocycles. The van der Waals surface area contributed by atoms with Crippen LogP contribution in [0.3, 0.4) is 0 Å². The predicted molar refractivity (Wildman–Crippen MR) is 76.0 cm³/mol. The monoisotopic (exact) mass is 253 g/mol. The molecule has 0 bridgehead atoms. The molecule has 1 heterocycles. The van der Waals surface area contributed by atoms with Crippen molar-refractivity contribution >= 4 is 5.95 Å². The summed E-state index contributed by atoms with van der Waals surface area (Å²) in [7, 11) is 0. The molecule has 4 heteroatoms. The first-order valence-corrected chi connectivity index (χ1v) is 6.75. The number of aryl methyl sites for hydroxylation is 1. The van der Waals surface area contributed by atoms with Crippen LogP contribution in [0.25, 0.3) is 0 Å². The second-order valence-corrected chi connectivity index (χ2v) is 5.80. The number of nitrogens with one attached hydrogen (secondary N) is 1. The van der Waals surface area contributed by atoms with E-state index in [0.29, 0.717) is 5.92 Å². The van der Waals surface area contributed by atoms with Crippen LogP contribution in [0.1, 0.15) is 40.3 Å². The standard InChI is InChI=1S/C14H27N3O/c1-7-18-14(5,6)10-17-9-12(4)16-13(17)15-8-11(2)3/h9,11H,7-8,10H2,1-6H3,(H,15,16). The zero-order valence-electron chi connectivity index (χ0n) is 12.6.